The summed E-state index contributed by atoms with van der Waals surface area (Å²) < 4.78 is 5.59. The van der Waals surface area contributed by atoms with Crippen LogP contribution < -0.4 is 9.64 Å². The lowest BCUT2D eigenvalue weighted by molar-refractivity contribution is -0.120. The Hall–Kier alpha value is -3.27. The number of ether oxygens (including phenoxy) is 1. The molecule has 0 atom stereocenters. The average molecular weight is 331 g/mol. The number of carbonyl (C=O) groups excluding carboxylic acids is 1. The highest BCUT2D eigenvalue weighted by atomic mass is 16.5. The fourth-order valence-corrected chi connectivity index (χ4v) is 2.96. The lowest BCUT2D eigenvalue weighted by Crippen LogP contribution is -2.35. The molecule has 1 aliphatic heterocycles. The zero-order valence-electron chi connectivity index (χ0n) is 13.8. The lowest BCUT2D eigenvalue weighted by Gasteiger charge is -2.30. The molecule has 3 aromatic rings. The third kappa shape index (κ3) is 2.83. The van der Waals surface area contributed by atoms with Crippen LogP contribution in [0.1, 0.15) is 5.56 Å². The molecule has 0 bridgehead atoms. The maximum atomic E-state index is 12.5. The van der Waals surface area contributed by atoms with Gasteiger partial charge >= 0.3 is 0 Å². The van der Waals surface area contributed by atoms with E-state index in [2.05, 4.69) is 0 Å². The minimum absolute atomic E-state index is 0.0272. The summed E-state index contributed by atoms with van der Waals surface area (Å²) in [5.74, 6) is 0.809. The summed E-state index contributed by atoms with van der Waals surface area (Å²) in [6, 6.07) is 20.6. The molecule has 0 saturated carbocycles. The van der Waals surface area contributed by atoms with E-state index in [1.54, 1.807) is 17.0 Å². The van der Waals surface area contributed by atoms with Crippen molar-refractivity contribution in [2.45, 2.75) is 6.92 Å². The van der Waals surface area contributed by atoms with Crippen molar-refractivity contribution in [3.63, 3.8) is 0 Å². The molecule has 1 amide bonds. The number of carbonyl (C=O) groups is 1. The van der Waals surface area contributed by atoms with Gasteiger partial charge in [-0.3, -0.25) is 9.69 Å². The third-order valence-corrected chi connectivity index (χ3v) is 4.29. The van der Waals surface area contributed by atoms with Crippen LogP contribution in [0.3, 0.4) is 0 Å². The van der Waals surface area contributed by atoms with Crippen LogP contribution in [0.4, 0.5) is 11.4 Å². The molecule has 124 valence electrons. The van der Waals surface area contributed by atoms with Crippen LogP contribution in [0.15, 0.2) is 66.7 Å². The van der Waals surface area contributed by atoms with Gasteiger partial charge in [-0.15, -0.1) is 0 Å². The van der Waals surface area contributed by atoms with Crippen molar-refractivity contribution in [1.29, 1.82) is 0 Å². The largest absolute Gasteiger partial charge is 0.508 e. The average Bonchev–Trinajstić information content (AvgIpc) is 2.63. The fourth-order valence-electron chi connectivity index (χ4n) is 2.96. The minimum Gasteiger partial charge on any atom is -0.508 e. The lowest BCUT2D eigenvalue weighted by atomic mass is 10.0. The monoisotopic (exact) mass is 331 g/mol. The minimum atomic E-state index is -0.0980. The Morgan fingerprint density at radius 2 is 1.60 bits per heavy atom. The molecule has 1 aliphatic rings. The highest BCUT2D eigenvalue weighted by Crippen LogP contribution is 2.40. The zero-order valence-corrected chi connectivity index (χ0v) is 13.8. The number of nitrogens with zero attached hydrogens (tertiary/aromatic N) is 1. The number of hydrogen-bond donors (Lipinski definition) is 1. The number of phenols is 1. The first-order valence-electron chi connectivity index (χ1n) is 8.08. The van der Waals surface area contributed by atoms with Gasteiger partial charge in [-0.05, 0) is 54.4 Å². The molecule has 4 heteroatoms. The number of amides is 1. The van der Waals surface area contributed by atoms with Gasteiger partial charge in [0, 0.05) is 5.69 Å². The molecule has 0 radical (unpaired) electrons. The Labute approximate surface area is 145 Å². The van der Waals surface area contributed by atoms with Gasteiger partial charge in [-0.25, -0.2) is 0 Å². The highest BCUT2D eigenvalue weighted by Gasteiger charge is 2.27. The second-order valence-electron chi connectivity index (χ2n) is 6.08. The normalized spacial score (nSPS) is 13.3. The summed E-state index contributed by atoms with van der Waals surface area (Å²) in [5.41, 5.74) is 4.60. The van der Waals surface area contributed by atoms with Gasteiger partial charge in [-0.2, -0.15) is 0 Å². The van der Waals surface area contributed by atoms with Gasteiger partial charge in [0.15, 0.2) is 6.61 Å². The second-order valence-corrected chi connectivity index (χ2v) is 6.08. The molecule has 0 saturated heterocycles. The molecule has 25 heavy (non-hydrogen) atoms. The van der Waals surface area contributed by atoms with Crippen LogP contribution in [0.25, 0.3) is 11.1 Å². The summed E-state index contributed by atoms with van der Waals surface area (Å²) in [5, 5.41) is 9.47. The number of anilines is 2. The molecule has 4 rings (SSSR count). The predicted octanol–water partition coefficient (Wildman–Crippen LogP) is 4.42. The number of hydrogen-bond acceptors (Lipinski definition) is 3. The van der Waals surface area contributed by atoms with Crippen LogP contribution in [0.2, 0.25) is 0 Å². The number of aryl methyl sites for hydroxylation is 1. The van der Waals surface area contributed by atoms with E-state index in [1.807, 2.05) is 61.5 Å². The van der Waals surface area contributed by atoms with E-state index in [1.165, 1.54) is 0 Å². The molecule has 0 spiro atoms. The van der Waals surface area contributed by atoms with Gasteiger partial charge in [0.05, 0.1) is 5.69 Å². The van der Waals surface area contributed by atoms with Crippen LogP contribution in [0, 0.1) is 6.92 Å². The smallest absolute Gasteiger partial charge is 0.269 e. The maximum absolute atomic E-state index is 12.5. The van der Waals surface area contributed by atoms with Crippen molar-refractivity contribution in [2.75, 3.05) is 11.5 Å². The second kappa shape index (κ2) is 5.98. The Balaban J connectivity index is 1.81. The van der Waals surface area contributed by atoms with Crippen molar-refractivity contribution in [1.82, 2.24) is 0 Å². The van der Waals surface area contributed by atoms with Crippen LogP contribution in [-0.4, -0.2) is 17.6 Å². The van der Waals surface area contributed by atoms with Crippen LogP contribution in [-0.2, 0) is 4.79 Å². The molecule has 0 aliphatic carbocycles. The number of benzene rings is 3. The molecule has 4 nitrogen and oxygen atoms in total. The fraction of sp³-hybridized carbons (Fsp3) is 0.0952. The van der Waals surface area contributed by atoms with E-state index < -0.39 is 0 Å². The van der Waals surface area contributed by atoms with E-state index in [9.17, 15) is 9.90 Å². The van der Waals surface area contributed by atoms with Crippen molar-refractivity contribution >= 4 is 17.3 Å². The Morgan fingerprint density at radius 1 is 0.920 bits per heavy atom. The Kier molecular flexibility index (Phi) is 3.65. The summed E-state index contributed by atoms with van der Waals surface area (Å²) in [4.78, 5) is 14.2. The predicted molar refractivity (Wildman–Crippen MR) is 97.4 cm³/mol. The topological polar surface area (TPSA) is 49.8 Å². The first-order chi connectivity index (χ1) is 12.1. The van der Waals surface area contributed by atoms with Crippen molar-refractivity contribution in [3.8, 4) is 22.6 Å². The molecular formula is C21H17NO3. The number of phenolic OH excluding ortho intramolecular Hbond substituents is 1. The number of aromatic hydroxyl groups is 1. The molecule has 1 N–H and O–H groups in total. The Morgan fingerprint density at radius 3 is 2.32 bits per heavy atom. The van der Waals surface area contributed by atoms with Gasteiger partial charge in [0.2, 0.25) is 0 Å². The van der Waals surface area contributed by atoms with Crippen molar-refractivity contribution in [3.05, 3.63) is 72.3 Å². The summed E-state index contributed by atoms with van der Waals surface area (Å²) in [7, 11) is 0. The van der Waals surface area contributed by atoms with Gasteiger partial charge in [0.1, 0.15) is 11.5 Å². The molecule has 0 unspecified atom stereocenters. The van der Waals surface area contributed by atoms with Crippen LogP contribution >= 0.6 is 0 Å². The molecule has 0 fully saturated rings. The first-order valence-corrected chi connectivity index (χ1v) is 8.08. The first kappa shape index (κ1) is 15.3. The highest BCUT2D eigenvalue weighted by molar-refractivity contribution is 6.04. The number of fused-ring (bicyclic) bond motifs is 1. The molecule has 0 aromatic heterocycles. The summed E-state index contributed by atoms with van der Waals surface area (Å²) in [6.45, 7) is 2.04. The third-order valence-electron chi connectivity index (χ3n) is 4.29. The summed E-state index contributed by atoms with van der Waals surface area (Å²) in [6.07, 6.45) is 0. The van der Waals surface area contributed by atoms with E-state index in [4.69, 9.17) is 4.74 Å². The quantitative estimate of drug-likeness (QED) is 0.756. The molecule has 1 heterocycles. The zero-order chi connectivity index (χ0) is 17.4. The van der Waals surface area contributed by atoms with Gasteiger partial charge in [0.25, 0.3) is 5.91 Å². The van der Waals surface area contributed by atoms with E-state index in [0.717, 1.165) is 28.1 Å². The van der Waals surface area contributed by atoms with E-state index >= 15 is 0 Å². The van der Waals surface area contributed by atoms with Crippen molar-refractivity contribution in [2.24, 2.45) is 0 Å². The van der Waals surface area contributed by atoms with E-state index in [-0.39, 0.29) is 18.3 Å². The molecular weight excluding hydrogens is 314 g/mol. The van der Waals surface area contributed by atoms with E-state index in [0.29, 0.717) is 5.75 Å². The van der Waals surface area contributed by atoms with Crippen molar-refractivity contribution < 1.29 is 14.6 Å². The molecule has 3 aromatic carbocycles. The SMILES string of the molecule is Cc1ccc(N2C(=O)COc3ccc(-c4ccc(O)cc4)cc32)cc1. The van der Waals surface area contributed by atoms with Gasteiger partial charge < -0.3 is 9.84 Å². The standard InChI is InChI=1S/C21H17NO3/c1-14-2-7-17(8-3-14)22-19-12-16(15-4-9-18(23)10-5-15)6-11-20(19)25-13-21(22)24/h2-12,23H,13H2,1H3. The Bertz CT molecular complexity index is 930. The number of rotatable bonds is 2. The summed E-state index contributed by atoms with van der Waals surface area (Å²) >= 11 is 0. The maximum Gasteiger partial charge on any atom is 0.269 e. The van der Waals surface area contributed by atoms with Crippen LogP contribution in [0.5, 0.6) is 11.5 Å². The van der Waals surface area contributed by atoms with Gasteiger partial charge in [-0.1, -0.05) is 35.9 Å².